The van der Waals surface area contributed by atoms with Gasteiger partial charge in [-0.05, 0) is 37.8 Å². The molecule has 0 radical (unpaired) electrons. The van der Waals surface area contributed by atoms with E-state index in [2.05, 4.69) is 13.8 Å². The summed E-state index contributed by atoms with van der Waals surface area (Å²) in [5, 5.41) is 9.90. The maximum absolute atomic E-state index is 12.0. The van der Waals surface area contributed by atoms with Crippen LogP contribution >= 0.6 is 0 Å². The molecule has 1 saturated heterocycles. The van der Waals surface area contributed by atoms with Gasteiger partial charge in [0.15, 0.2) is 9.04 Å². The number of rotatable bonds is 18. The third-order valence-corrected chi connectivity index (χ3v) is 10.3. The Morgan fingerprint density at radius 3 is 1.90 bits per heavy atom. The topological polar surface area (TPSA) is 46.5 Å². The molecule has 1 aliphatic heterocycles. The molecule has 29 heavy (non-hydrogen) atoms. The summed E-state index contributed by atoms with van der Waals surface area (Å²) in [7, 11) is -1.32. The van der Waals surface area contributed by atoms with E-state index in [1.807, 2.05) is 6.92 Å². The van der Waals surface area contributed by atoms with Crippen molar-refractivity contribution in [3.8, 4) is 0 Å². The minimum absolute atomic E-state index is 0.241. The van der Waals surface area contributed by atoms with Crippen LogP contribution in [0.15, 0.2) is 0 Å². The lowest BCUT2D eigenvalue weighted by Crippen LogP contribution is -2.40. The fraction of sp³-hybridized carbons (Fsp3) is 0.960. The normalized spacial score (nSPS) is 20.3. The van der Waals surface area contributed by atoms with E-state index in [0.717, 1.165) is 31.5 Å². The van der Waals surface area contributed by atoms with Crippen LogP contribution in [0.3, 0.4) is 0 Å². The van der Waals surface area contributed by atoms with Crippen molar-refractivity contribution in [1.82, 2.24) is 0 Å². The minimum Gasteiger partial charge on any atom is -0.481 e. The molecule has 1 N–H and O–H groups in total. The van der Waals surface area contributed by atoms with Crippen LogP contribution in [0.25, 0.3) is 0 Å². The van der Waals surface area contributed by atoms with Crippen LogP contribution in [0.1, 0.15) is 124 Å². The molecule has 1 rings (SSSR count). The Labute approximate surface area is 183 Å². The first-order valence-electron chi connectivity index (χ1n) is 12.9. The van der Waals surface area contributed by atoms with Gasteiger partial charge in [0.05, 0.1) is 5.41 Å². The molecule has 3 nitrogen and oxygen atoms in total. The molecule has 1 heterocycles. The van der Waals surface area contributed by atoms with Crippen molar-refractivity contribution in [2.24, 2.45) is 11.3 Å². The van der Waals surface area contributed by atoms with Crippen molar-refractivity contribution in [2.45, 2.75) is 136 Å². The van der Waals surface area contributed by atoms with Crippen molar-refractivity contribution in [2.75, 3.05) is 6.61 Å². The SMILES string of the molecule is CCCCCCCCCCCCCCCC(C)C(C)(C[SiH]1CCCCO1)C(=O)O. The first-order valence-corrected chi connectivity index (χ1v) is 15.0. The van der Waals surface area contributed by atoms with E-state index in [1.165, 1.54) is 89.9 Å². The average Bonchev–Trinajstić information content (AvgIpc) is 2.71. The number of unbranched alkanes of at least 4 members (excludes halogenated alkanes) is 12. The first-order chi connectivity index (χ1) is 14.0. The average molecular weight is 427 g/mol. The lowest BCUT2D eigenvalue weighted by molar-refractivity contribution is -0.150. The number of carboxylic acids is 1. The highest BCUT2D eigenvalue weighted by molar-refractivity contribution is 6.52. The van der Waals surface area contributed by atoms with Crippen LogP contribution in [0.4, 0.5) is 0 Å². The third-order valence-electron chi connectivity index (χ3n) is 7.24. The third kappa shape index (κ3) is 11.6. The summed E-state index contributed by atoms with van der Waals surface area (Å²) in [5.41, 5.74) is -0.592. The lowest BCUT2D eigenvalue weighted by Gasteiger charge is -2.35. The Morgan fingerprint density at radius 1 is 0.931 bits per heavy atom. The standard InChI is InChI=1S/C25H50O3Si/c1-4-5-6-7-8-9-10-11-12-13-14-15-16-19-23(2)25(3,24(26)27)22-29-21-18-17-20-28-29/h23,29H,4-22H2,1-3H3,(H,26,27). The highest BCUT2D eigenvalue weighted by Crippen LogP contribution is 2.38. The minimum atomic E-state index is -1.32. The zero-order valence-corrected chi connectivity index (χ0v) is 21.0. The summed E-state index contributed by atoms with van der Waals surface area (Å²) >= 11 is 0. The molecule has 0 aromatic carbocycles. The predicted molar refractivity (Wildman–Crippen MR) is 127 cm³/mol. The van der Waals surface area contributed by atoms with Gasteiger partial charge < -0.3 is 9.53 Å². The fourth-order valence-corrected chi connectivity index (χ4v) is 7.98. The monoisotopic (exact) mass is 426 g/mol. The Bertz CT molecular complexity index is 409. The Balaban J connectivity index is 2.07. The zero-order chi connectivity index (χ0) is 21.4. The van der Waals surface area contributed by atoms with Gasteiger partial charge in [-0.1, -0.05) is 104 Å². The maximum Gasteiger partial charge on any atom is 0.309 e. The van der Waals surface area contributed by atoms with Crippen LogP contribution < -0.4 is 0 Å². The van der Waals surface area contributed by atoms with Crippen molar-refractivity contribution in [3.63, 3.8) is 0 Å². The molecular weight excluding hydrogens is 376 g/mol. The first kappa shape index (κ1) is 26.7. The van der Waals surface area contributed by atoms with Crippen LogP contribution in [0.2, 0.25) is 12.1 Å². The largest absolute Gasteiger partial charge is 0.481 e. The van der Waals surface area contributed by atoms with Crippen molar-refractivity contribution in [1.29, 1.82) is 0 Å². The molecule has 1 fully saturated rings. The molecule has 3 unspecified atom stereocenters. The quantitative estimate of drug-likeness (QED) is 0.180. The van der Waals surface area contributed by atoms with E-state index < -0.39 is 20.4 Å². The Kier molecular flexibility index (Phi) is 15.0. The summed E-state index contributed by atoms with van der Waals surface area (Å²) in [6.07, 6.45) is 21.2. The zero-order valence-electron chi connectivity index (χ0n) is 19.9. The number of carboxylic acid groups (broad SMARTS) is 1. The second-order valence-electron chi connectivity index (χ2n) is 9.85. The van der Waals surface area contributed by atoms with E-state index >= 15 is 0 Å². The number of aliphatic carboxylic acids is 1. The summed E-state index contributed by atoms with van der Waals surface area (Å²) in [6, 6.07) is 1.97. The van der Waals surface area contributed by atoms with E-state index in [9.17, 15) is 9.90 Å². The van der Waals surface area contributed by atoms with Crippen LogP contribution in [-0.4, -0.2) is 26.7 Å². The van der Waals surface area contributed by atoms with Gasteiger partial charge in [-0.3, -0.25) is 4.79 Å². The summed E-state index contributed by atoms with van der Waals surface area (Å²) in [5.74, 6) is -0.368. The molecule has 172 valence electrons. The van der Waals surface area contributed by atoms with Gasteiger partial charge in [-0.15, -0.1) is 0 Å². The second kappa shape index (κ2) is 16.4. The molecule has 0 bridgehead atoms. The summed E-state index contributed by atoms with van der Waals surface area (Å²) in [4.78, 5) is 12.0. The van der Waals surface area contributed by atoms with Crippen LogP contribution in [0.5, 0.6) is 0 Å². The van der Waals surface area contributed by atoms with E-state index in [1.54, 1.807) is 0 Å². The van der Waals surface area contributed by atoms with Crippen LogP contribution in [0, 0.1) is 11.3 Å². The van der Waals surface area contributed by atoms with Gasteiger partial charge in [0.25, 0.3) is 0 Å². The van der Waals surface area contributed by atoms with E-state index in [0.29, 0.717) is 0 Å². The number of carbonyl (C=O) groups is 1. The highest BCUT2D eigenvalue weighted by Gasteiger charge is 2.41. The van der Waals surface area contributed by atoms with E-state index in [4.69, 9.17) is 4.43 Å². The van der Waals surface area contributed by atoms with E-state index in [-0.39, 0.29) is 5.92 Å². The van der Waals surface area contributed by atoms with Gasteiger partial charge in [-0.25, -0.2) is 0 Å². The molecule has 0 saturated carbocycles. The molecule has 3 atom stereocenters. The lowest BCUT2D eigenvalue weighted by atomic mass is 9.77. The predicted octanol–water partition coefficient (Wildman–Crippen LogP) is 7.73. The highest BCUT2D eigenvalue weighted by atomic mass is 28.3. The van der Waals surface area contributed by atoms with Gasteiger partial charge in [0, 0.05) is 6.61 Å². The number of hydrogen-bond donors (Lipinski definition) is 1. The number of hydrogen-bond acceptors (Lipinski definition) is 2. The van der Waals surface area contributed by atoms with Crippen molar-refractivity contribution in [3.05, 3.63) is 0 Å². The van der Waals surface area contributed by atoms with Crippen molar-refractivity contribution >= 4 is 15.0 Å². The second-order valence-corrected chi connectivity index (χ2v) is 12.4. The molecule has 4 heteroatoms. The Morgan fingerprint density at radius 2 is 1.45 bits per heavy atom. The molecule has 0 spiro atoms. The molecule has 0 aromatic heterocycles. The molecule has 0 aliphatic carbocycles. The van der Waals surface area contributed by atoms with Gasteiger partial charge in [0.1, 0.15) is 0 Å². The van der Waals surface area contributed by atoms with Gasteiger partial charge in [0.2, 0.25) is 0 Å². The summed E-state index contributed by atoms with van der Waals surface area (Å²) in [6.45, 7) is 7.28. The van der Waals surface area contributed by atoms with Gasteiger partial charge in [-0.2, -0.15) is 0 Å². The molecule has 1 aliphatic rings. The Hall–Kier alpha value is -0.353. The van der Waals surface area contributed by atoms with Gasteiger partial charge >= 0.3 is 5.97 Å². The smallest absolute Gasteiger partial charge is 0.309 e. The summed E-state index contributed by atoms with van der Waals surface area (Å²) < 4.78 is 5.97. The maximum atomic E-state index is 12.0. The molecular formula is C25H50O3Si. The van der Waals surface area contributed by atoms with Crippen LogP contribution in [-0.2, 0) is 9.22 Å². The molecule has 0 aromatic rings. The van der Waals surface area contributed by atoms with Crippen molar-refractivity contribution < 1.29 is 14.3 Å². The fourth-order valence-electron chi connectivity index (χ4n) is 4.73. The molecule has 0 amide bonds.